The van der Waals surface area contributed by atoms with Gasteiger partial charge in [-0.1, -0.05) is 0 Å². The number of hydrogen-bond acceptors (Lipinski definition) is 3. The molecule has 100 valence electrons. The Morgan fingerprint density at radius 3 is 2.67 bits per heavy atom. The molecule has 0 radical (unpaired) electrons. The lowest BCUT2D eigenvalue weighted by Crippen LogP contribution is -2.36. The van der Waals surface area contributed by atoms with E-state index in [4.69, 9.17) is 0 Å². The first kappa shape index (κ1) is 14.5. The number of aromatic hydroxyl groups is 1. The lowest BCUT2D eigenvalue weighted by atomic mass is 10.1. The van der Waals surface area contributed by atoms with Gasteiger partial charge in [-0.3, -0.25) is 4.79 Å². The number of rotatable bonds is 5. The minimum Gasteiger partial charge on any atom is -0.508 e. The summed E-state index contributed by atoms with van der Waals surface area (Å²) in [5.74, 6) is 0.0910. The number of nitrogens with one attached hydrogen (secondary N) is 1. The number of likely N-dealkylation sites (N-methyl/N-ethyl adjacent to an activating group) is 1. The van der Waals surface area contributed by atoms with E-state index in [1.165, 1.54) is 6.07 Å². The number of phenols is 1. The van der Waals surface area contributed by atoms with Gasteiger partial charge in [-0.15, -0.1) is 0 Å². The molecule has 1 aromatic carbocycles. The molecule has 2 N–H and O–H groups in total. The Balaban J connectivity index is 2.51. The standard InChI is InChI=1S/C14H22N2O2/c1-10(2)16(4)8-7-15-14(18)13-6-5-12(17)9-11(13)3/h5-6,9-10,17H,7-8H2,1-4H3,(H,15,18). The van der Waals surface area contributed by atoms with Crippen LogP contribution in [0.4, 0.5) is 0 Å². The quantitative estimate of drug-likeness (QED) is 0.837. The van der Waals surface area contributed by atoms with E-state index in [9.17, 15) is 9.90 Å². The van der Waals surface area contributed by atoms with E-state index in [-0.39, 0.29) is 11.7 Å². The van der Waals surface area contributed by atoms with Gasteiger partial charge in [0.1, 0.15) is 5.75 Å². The molecular weight excluding hydrogens is 228 g/mol. The Hall–Kier alpha value is -1.55. The monoisotopic (exact) mass is 250 g/mol. The van der Waals surface area contributed by atoms with Crippen LogP contribution in [0.15, 0.2) is 18.2 Å². The van der Waals surface area contributed by atoms with Crippen molar-refractivity contribution < 1.29 is 9.90 Å². The summed E-state index contributed by atoms with van der Waals surface area (Å²) in [5.41, 5.74) is 1.39. The molecule has 0 aliphatic rings. The number of amides is 1. The molecular formula is C14H22N2O2. The molecule has 1 amide bonds. The molecule has 0 fully saturated rings. The highest BCUT2D eigenvalue weighted by Gasteiger charge is 2.09. The van der Waals surface area contributed by atoms with E-state index in [0.29, 0.717) is 18.2 Å². The molecule has 1 rings (SSSR count). The van der Waals surface area contributed by atoms with Crippen LogP contribution in [-0.4, -0.2) is 42.1 Å². The molecule has 18 heavy (non-hydrogen) atoms. The van der Waals surface area contributed by atoms with Crippen molar-refractivity contribution in [3.63, 3.8) is 0 Å². The van der Waals surface area contributed by atoms with Crippen molar-refractivity contribution in [1.82, 2.24) is 10.2 Å². The molecule has 0 spiro atoms. The summed E-state index contributed by atoms with van der Waals surface area (Å²) >= 11 is 0. The molecule has 0 heterocycles. The highest BCUT2D eigenvalue weighted by Crippen LogP contribution is 2.15. The van der Waals surface area contributed by atoms with Gasteiger partial charge in [-0.2, -0.15) is 0 Å². The number of carbonyl (C=O) groups is 1. The zero-order chi connectivity index (χ0) is 13.7. The first-order valence-corrected chi connectivity index (χ1v) is 6.20. The molecule has 0 saturated carbocycles. The molecule has 0 aliphatic carbocycles. The largest absolute Gasteiger partial charge is 0.508 e. The second-order valence-corrected chi connectivity index (χ2v) is 4.83. The second kappa shape index (κ2) is 6.40. The van der Waals surface area contributed by atoms with Crippen LogP contribution >= 0.6 is 0 Å². The van der Waals surface area contributed by atoms with Gasteiger partial charge in [-0.05, 0) is 51.6 Å². The minimum absolute atomic E-state index is 0.0929. The maximum atomic E-state index is 11.9. The Morgan fingerprint density at radius 2 is 2.11 bits per heavy atom. The van der Waals surface area contributed by atoms with Crippen LogP contribution in [0.3, 0.4) is 0 Å². The number of benzene rings is 1. The molecule has 4 nitrogen and oxygen atoms in total. The fourth-order valence-corrected chi connectivity index (χ4v) is 1.60. The molecule has 0 aromatic heterocycles. The highest BCUT2D eigenvalue weighted by molar-refractivity contribution is 5.95. The summed E-state index contributed by atoms with van der Waals surface area (Å²) in [4.78, 5) is 14.1. The molecule has 0 unspecified atom stereocenters. The zero-order valence-corrected chi connectivity index (χ0v) is 11.5. The van der Waals surface area contributed by atoms with Crippen LogP contribution < -0.4 is 5.32 Å². The highest BCUT2D eigenvalue weighted by atomic mass is 16.3. The van der Waals surface area contributed by atoms with Crippen molar-refractivity contribution in [1.29, 1.82) is 0 Å². The van der Waals surface area contributed by atoms with Crippen molar-refractivity contribution in [2.45, 2.75) is 26.8 Å². The molecule has 0 bridgehead atoms. The van der Waals surface area contributed by atoms with Crippen LogP contribution in [0.5, 0.6) is 5.75 Å². The molecule has 0 atom stereocenters. The average Bonchev–Trinajstić information content (AvgIpc) is 2.28. The van der Waals surface area contributed by atoms with Crippen molar-refractivity contribution in [3.8, 4) is 5.75 Å². The first-order valence-electron chi connectivity index (χ1n) is 6.20. The Morgan fingerprint density at radius 1 is 1.44 bits per heavy atom. The summed E-state index contributed by atoms with van der Waals surface area (Å²) in [6.07, 6.45) is 0. The van der Waals surface area contributed by atoms with Gasteiger partial charge in [0.25, 0.3) is 5.91 Å². The lowest BCUT2D eigenvalue weighted by molar-refractivity contribution is 0.0947. The normalized spacial score (nSPS) is 11.0. The van der Waals surface area contributed by atoms with Gasteiger partial charge in [0, 0.05) is 24.7 Å². The Bertz CT molecular complexity index is 416. The summed E-state index contributed by atoms with van der Waals surface area (Å²) < 4.78 is 0. The average molecular weight is 250 g/mol. The van der Waals surface area contributed by atoms with Gasteiger partial charge in [0.15, 0.2) is 0 Å². The van der Waals surface area contributed by atoms with Crippen LogP contribution in [0, 0.1) is 6.92 Å². The predicted molar refractivity (Wildman–Crippen MR) is 72.9 cm³/mol. The maximum absolute atomic E-state index is 11.9. The third kappa shape index (κ3) is 4.04. The van der Waals surface area contributed by atoms with Crippen LogP contribution in [-0.2, 0) is 0 Å². The van der Waals surface area contributed by atoms with E-state index < -0.39 is 0 Å². The third-order valence-corrected chi connectivity index (χ3v) is 3.09. The van der Waals surface area contributed by atoms with Crippen molar-refractivity contribution in [2.75, 3.05) is 20.1 Å². The lowest BCUT2D eigenvalue weighted by Gasteiger charge is -2.21. The Kier molecular flexibility index (Phi) is 5.16. The predicted octanol–water partition coefficient (Wildman–Crippen LogP) is 1.77. The van der Waals surface area contributed by atoms with Crippen LogP contribution in [0.1, 0.15) is 29.8 Å². The second-order valence-electron chi connectivity index (χ2n) is 4.83. The van der Waals surface area contributed by atoms with E-state index in [0.717, 1.165) is 12.1 Å². The van der Waals surface area contributed by atoms with Crippen LogP contribution in [0.25, 0.3) is 0 Å². The minimum atomic E-state index is -0.0929. The summed E-state index contributed by atoms with van der Waals surface area (Å²) in [5, 5.41) is 12.2. The van der Waals surface area contributed by atoms with Gasteiger partial charge >= 0.3 is 0 Å². The Labute approximate surface area is 109 Å². The zero-order valence-electron chi connectivity index (χ0n) is 11.5. The number of phenolic OH excluding ortho intramolecular Hbond substituents is 1. The fourth-order valence-electron chi connectivity index (χ4n) is 1.60. The smallest absolute Gasteiger partial charge is 0.251 e. The topological polar surface area (TPSA) is 52.6 Å². The number of hydrogen-bond donors (Lipinski definition) is 2. The summed E-state index contributed by atoms with van der Waals surface area (Å²) in [7, 11) is 2.03. The number of carbonyl (C=O) groups excluding carboxylic acids is 1. The van der Waals surface area contributed by atoms with E-state index in [1.54, 1.807) is 12.1 Å². The van der Waals surface area contributed by atoms with E-state index in [2.05, 4.69) is 24.1 Å². The number of aryl methyl sites for hydroxylation is 1. The van der Waals surface area contributed by atoms with Crippen molar-refractivity contribution in [2.24, 2.45) is 0 Å². The van der Waals surface area contributed by atoms with Gasteiger partial charge < -0.3 is 15.3 Å². The van der Waals surface area contributed by atoms with E-state index in [1.807, 2.05) is 14.0 Å². The van der Waals surface area contributed by atoms with Crippen molar-refractivity contribution >= 4 is 5.91 Å². The molecule has 4 heteroatoms. The van der Waals surface area contributed by atoms with E-state index >= 15 is 0 Å². The van der Waals surface area contributed by atoms with Gasteiger partial charge in [0.05, 0.1) is 0 Å². The maximum Gasteiger partial charge on any atom is 0.251 e. The summed E-state index contributed by atoms with van der Waals surface area (Å²) in [6, 6.07) is 5.24. The van der Waals surface area contributed by atoms with Crippen LogP contribution in [0.2, 0.25) is 0 Å². The first-order chi connectivity index (χ1) is 8.41. The third-order valence-electron chi connectivity index (χ3n) is 3.09. The van der Waals surface area contributed by atoms with Gasteiger partial charge in [0.2, 0.25) is 0 Å². The molecule has 0 saturated heterocycles. The SMILES string of the molecule is Cc1cc(O)ccc1C(=O)NCCN(C)C(C)C. The van der Waals surface area contributed by atoms with Gasteiger partial charge in [-0.25, -0.2) is 0 Å². The molecule has 1 aromatic rings. The number of nitrogens with zero attached hydrogens (tertiary/aromatic N) is 1. The fraction of sp³-hybridized carbons (Fsp3) is 0.500. The van der Waals surface area contributed by atoms with Crippen molar-refractivity contribution in [3.05, 3.63) is 29.3 Å². The molecule has 0 aliphatic heterocycles. The summed E-state index contributed by atoms with van der Waals surface area (Å²) in [6.45, 7) is 7.49.